The molecule has 0 bridgehead atoms. The molecule has 0 spiro atoms. The number of aliphatic hydroxyl groups excluding tert-OH is 4. The van der Waals surface area contributed by atoms with E-state index in [-0.39, 0.29) is 60.0 Å². The van der Waals surface area contributed by atoms with Crippen molar-refractivity contribution < 1.29 is 103 Å². The van der Waals surface area contributed by atoms with Gasteiger partial charge in [0.25, 0.3) is 0 Å². The van der Waals surface area contributed by atoms with Gasteiger partial charge in [-0.2, -0.15) is 4.31 Å². The molecule has 64 heavy (non-hydrogen) atoms. The minimum Gasteiger partial charge on any atom is -1.00 e. The zero-order valence-electron chi connectivity index (χ0n) is 34.2. The van der Waals surface area contributed by atoms with E-state index in [1.54, 1.807) is 24.4 Å². The summed E-state index contributed by atoms with van der Waals surface area (Å²) in [6, 6.07) is 3.29. The van der Waals surface area contributed by atoms with Crippen LogP contribution in [0, 0.1) is 0 Å². The molecular formula is C32H41N14NaO15P2. The third-order valence-electron chi connectivity index (χ3n) is 9.07. The maximum atomic E-state index is 12.4. The first kappa shape index (κ1) is 50.1. The van der Waals surface area contributed by atoms with E-state index < -0.39 is 89.8 Å². The predicted molar refractivity (Wildman–Crippen MR) is 212 cm³/mol. The number of phosphoric ester groups is 2. The molecule has 5 aromatic heterocycles. The van der Waals surface area contributed by atoms with E-state index in [1.807, 2.05) is 0 Å². The number of aromatic nitrogens is 9. The number of nitrogen functional groups attached to an aromatic ring is 2. The first-order valence-electron chi connectivity index (χ1n) is 18.0. The van der Waals surface area contributed by atoms with Crippen molar-refractivity contribution in [2.75, 3.05) is 24.7 Å². The molecule has 2 saturated heterocycles. The fourth-order valence-electron chi connectivity index (χ4n) is 5.97. The Balaban J connectivity index is 0.000000360. The van der Waals surface area contributed by atoms with Crippen LogP contribution in [0.3, 0.4) is 0 Å². The van der Waals surface area contributed by atoms with Gasteiger partial charge in [0.05, 0.1) is 31.4 Å². The maximum absolute atomic E-state index is 12.4. The Hall–Kier alpha value is -4.91. The van der Waals surface area contributed by atoms with E-state index in [9.17, 15) is 48.9 Å². The Morgan fingerprint density at radius 2 is 1.48 bits per heavy atom. The fraction of sp³-hybridized carbons (Fsp3) is 0.344. The van der Waals surface area contributed by atoms with Crippen molar-refractivity contribution in [3.8, 4) is 0 Å². The van der Waals surface area contributed by atoms with Crippen LogP contribution < -0.4 is 52.5 Å². The Morgan fingerprint density at radius 3 is 2.08 bits per heavy atom. The molecule has 2 amide bonds. The molecule has 8 rings (SSSR count). The van der Waals surface area contributed by atoms with Crippen molar-refractivity contribution >= 4 is 61.4 Å². The van der Waals surface area contributed by atoms with Crippen LogP contribution in [0.5, 0.6) is 0 Å². The number of nitrogens with two attached hydrogens (primary N) is 4. The Bertz CT molecular complexity index is 2580. The molecule has 29 nitrogen and oxygen atoms in total. The summed E-state index contributed by atoms with van der Waals surface area (Å²) in [7, 11) is -10.7. The number of carbonyl (C=O) groups excluding carboxylic acids is 2. The normalized spacial score (nSPS) is 25.8. The van der Waals surface area contributed by atoms with Gasteiger partial charge in [-0.1, -0.05) is 6.08 Å². The summed E-state index contributed by atoms with van der Waals surface area (Å²) in [5, 5.41) is 41.6. The van der Waals surface area contributed by atoms with Gasteiger partial charge in [-0.25, -0.2) is 39.0 Å². The van der Waals surface area contributed by atoms with Crippen LogP contribution in [0.15, 0.2) is 73.9 Å². The number of nitrogens with zero attached hydrogens (tertiary/aromatic N) is 9. The maximum Gasteiger partial charge on any atom is 1.00 e. The van der Waals surface area contributed by atoms with Gasteiger partial charge >= 0.3 is 45.2 Å². The number of allylic oxidation sites excluding steroid dienone is 1. The number of fused-ring (bicyclic) bond motifs is 2. The van der Waals surface area contributed by atoms with Gasteiger partial charge < -0.3 is 73.9 Å². The topological polar surface area (TPSA) is 454 Å². The van der Waals surface area contributed by atoms with Crippen LogP contribution in [-0.2, 0) is 36.8 Å². The number of primary amides is 2. The molecule has 2 fully saturated rings. The second-order valence-electron chi connectivity index (χ2n) is 13.3. The van der Waals surface area contributed by atoms with Crippen molar-refractivity contribution in [2.45, 2.75) is 55.5 Å². The number of aromatic amines is 1. The van der Waals surface area contributed by atoms with Crippen molar-refractivity contribution in [2.24, 2.45) is 11.5 Å². The minimum atomic E-state index is -5.37. The summed E-state index contributed by atoms with van der Waals surface area (Å²) < 4.78 is 50.8. The number of anilines is 2. The molecule has 3 aliphatic heterocycles. The average molecular weight is 947 g/mol. The quantitative estimate of drug-likeness (QED) is 0.0411. The van der Waals surface area contributed by atoms with Crippen molar-refractivity contribution in [1.82, 2.24) is 49.3 Å². The van der Waals surface area contributed by atoms with Crippen molar-refractivity contribution in [3.05, 3.63) is 79.4 Å². The van der Waals surface area contributed by atoms with Gasteiger partial charge in [-0.15, -0.1) is 0 Å². The van der Waals surface area contributed by atoms with Gasteiger partial charge in [-0.3, -0.25) is 28.2 Å². The van der Waals surface area contributed by atoms with Crippen molar-refractivity contribution in [1.29, 1.82) is 0 Å². The number of amides is 2. The Kier molecular flexibility index (Phi) is 16.7. The Morgan fingerprint density at radius 1 is 0.859 bits per heavy atom. The standard InChI is InChI=1S/C21H29N7O14P2.C6H6N2O.C5H5N5.Na.H/c22-17-12-19(25-7-24-17)28(8-26-12)21-16(32)14(30)11(41-21)6-39-44(36,37)42-43(34,35)38-5-10-13(29)15(31)20(40-10)27-3-1-2-9(4-27)18(23)33;7-6(9)5-2-1-3-8-4-5;6-4-3-5(9-1-7-3)10-2-8-4;;/h1,3-4,7-8,10-11,13-16,20-21,29-32H,2,5-6H2,(H2,23,33)(H,34,35)(H,36,37)(H2,22,24,25);1-4H,(H2,7,9);1-2H,(H3,6,7,8,9,10);;/q;;;+1;-1/t10-,11-,13-,14-,15-,16-,20-,21-;;;;/m1..../s1. The Labute approximate surface area is 383 Å². The third kappa shape index (κ3) is 12.0. The SMILES string of the molecule is NC(=O)C1=CN([C@@H]2O[C@H](COP(=O)(O)OP(=O)(O)OC[C@H]3O[C@@H](n4cnc5c(N)ncnc54)[C@H](O)[C@@H]3O)[C@@H](O)[C@H]2O)C=CC1.NC(=O)c1cccnc1.Nc1ncnc2nc[nH]c12.[H-].[Na+]. The number of ether oxygens (including phenoxy) is 2. The van der Waals surface area contributed by atoms with E-state index in [4.69, 9.17) is 41.5 Å². The van der Waals surface area contributed by atoms with Gasteiger partial charge in [0, 0.05) is 30.4 Å². The second-order valence-corrected chi connectivity index (χ2v) is 16.4. The number of H-pyrrole nitrogens is 1. The fourth-order valence-corrected chi connectivity index (χ4v) is 8.06. The number of nitrogens with one attached hydrogen (secondary N) is 1. The van der Waals surface area contributed by atoms with E-state index in [2.05, 4.69) is 44.2 Å². The number of carbonyl (C=O) groups is 2. The molecule has 340 valence electrons. The van der Waals surface area contributed by atoms with Gasteiger partial charge in [0.15, 0.2) is 35.4 Å². The molecule has 32 heteroatoms. The number of rotatable bonds is 12. The predicted octanol–water partition coefficient (Wildman–Crippen LogP) is -5.45. The number of hydrogen-bond acceptors (Lipinski definition) is 23. The molecule has 0 aliphatic carbocycles. The smallest absolute Gasteiger partial charge is 1.00 e. The molecule has 0 aromatic carbocycles. The summed E-state index contributed by atoms with van der Waals surface area (Å²) in [4.78, 5) is 73.1. The number of pyridine rings is 1. The van der Waals surface area contributed by atoms with Crippen LogP contribution in [0.4, 0.5) is 11.6 Å². The van der Waals surface area contributed by atoms with E-state index in [1.165, 1.54) is 47.0 Å². The number of phosphoric acid groups is 2. The second kappa shape index (κ2) is 21.4. The largest absolute Gasteiger partial charge is 1.00 e. The van der Waals surface area contributed by atoms with Gasteiger partial charge in [0.2, 0.25) is 11.8 Å². The first-order chi connectivity index (χ1) is 29.9. The van der Waals surface area contributed by atoms with E-state index in [0.29, 0.717) is 22.5 Å². The molecular weight excluding hydrogens is 905 g/mol. The molecule has 8 heterocycles. The van der Waals surface area contributed by atoms with Crippen molar-refractivity contribution in [3.63, 3.8) is 0 Å². The third-order valence-corrected chi connectivity index (χ3v) is 11.7. The van der Waals surface area contributed by atoms with Gasteiger partial charge in [-0.05, 0) is 18.6 Å². The van der Waals surface area contributed by atoms with Crippen LogP contribution in [0.2, 0.25) is 0 Å². The summed E-state index contributed by atoms with van der Waals surface area (Å²) in [5.74, 6) is -0.667. The van der Waals surface area contributed by atoms with E-state index >= 15 is 0 Å². The zero-order valence-corrected chi connectivity index (χ0v) is 37.0. The minimum absolute atomic E-state index is 0. The average Bonchev–Trinajstić information content (AvgIpc) is 4.04. The summed E-state index contributed by atoms with van der Waals surface area (Å²) in [5.41, 5.74) is 23.7. The molecule has 3 aliphatic rings. The zero-order chi connectivity index (χ0) is 45.6. The van der Waals surface area contributed by atoms with Crippen LogP contribution in [0.1, 0.15) is 24.4 Å². The molecule has 15 N–H and O–H groups in total. The number of imidazole rings is 2. The van der Waals surface area contributed by atoms with Gasteiger partial charge in [0.1, 0.15) is 60.3 Å². The molecule has 2 unspecified atom stereocenters. The molecule has 0 saturated carbocycles. The summed E-state index contributed by atoms with van der Waals surface area (Å²) >= 11 is 0. The number of hydrogen-bond donors (Lipinski definition) is 11. The number of aliphatic hydroxyl groups is 4. The molecule has 5 aromatic rings. The summed E-state index contributed by atoms with van der Waals surface area (Å²) in [6.45, 7) is -1.79. The monoisotopic (exact) mass is 946 g/mol. The molecule has 0 radical (unpaired) electrons. The van der Waals surface area contributed by atoms with Crippen LogP contribution in [0.25, 0.3) is 22.3 Å². The van der Waals surface area contributed by atoms with E-state index in [0.717, 1.165) is 6.33 Å². The summed E-state index contributed by atoms with van der Waals surface area (Å²) in [6.07, 6.45) is 1.07. The van der Waals surface area contributed by atoms with Crippen LogP contribution >= 0.6 is 15.6 Å². The molecule has 10 atom stereocenters. The first-order valence-corrected chi connectivity index (χ1v) is 21.0. The van der Waals surface area contributed by atoms with Crippen LogP contribution in [-0.4, -0.2) is 147 Å².